The van der Waals surface area contributed by atoms with Crippen molar-refractivity contribution in [2.45, 2.75) is 65.0 Å². The van der Waals surface area contributed by atoms with Crippen molar-refractivity contribution in [1.29, 1.82) is 0 Å². The number of hydrogen-bond donors (Lipinski definition) is 0. The first-order valence-electron chi connectivity index (χ1n) is 8.95. The molecule has 0 atom stereocenters. The number of hydrogen-bond acceptors (Lipinski definition) is 2. The summed E-state index contributed by atoms with van der Waals surface area (Å²) in [5.41, 5.74) is 3.78. The Morgan fingerprint density at radius 2 is 1.54 bits per heavy atom. The predicted molar refractivity (Wildman–Crippen MR) is 109 cm³/mol. The molecule has 0 unspecified atom stereocenters. The third-order valence-electron chi connectivity index (χ3n) is 3.83. The molecular weight excluding hydrogens is 328 g/mol. The second-order valence-electron chi connectivity index (χ2n) is 8.52. The van der Waals surface area contributed by atoms with E-state index in [0.717, 1.165) is 30.8 Å². The van der Waals surface area contributed by atoms with E-state index >= 15 is 0 Å². The molecule has 1 aromatic rings. The lowest BCUT2D eigenvalue weighted by molar-refractivity contribution is 0.421. The van der Waals surface area contributed by atoms with Crippen molar-refractivity contribution in [1.82, 2.24) is 0 Å². The second-order valence-corrected chi connectivity index (χ2v) is 17.4. The molecule has 0 amide bonds. The Hall–Kier alpha value is -1.27. The van der Waals surface area contributed by atoms with Crippen LogP contribution in [0.4, 0.5) is 0 Å². The zero-order valence-electron chi connectivity index (χ0n) is 16.2. The van der Waals surface area contributed by atoms with Gasteiger partial charge in [-0.1, -0.05) is 30.8 Å². The molecular formula is C20H32O2Si2. The summed E-state index contributed by atoms with van der Waals surface area (Å²) in [5, 5.41) is 0. The smallest absolute Gasteiger partial charge is 0.242 e. The van der Waals surface area contributed by atoms with Gasteiger partial charge in [0.05, 0.1) is 0 Å². The maximum absolute atomic E-state index is 6.58. The monoisotopic (exact) mass is 360 g/mol. The average molecular weight is 361 g/mol. The van der Waals surface area contributed by atoms with E-state index in [1.54, 1.807) is 0 Å². The van der Waals surface area contributed by atoms with Crippen molar-refractivity contribution in [2.24, 2.45) is 0 Å². The summed E-state index contributed by atoms with van der Waals surface area (Å²) in [6.45, 7) is 17.6. The van der Waals surface area contributed by atoms with Crippen LogP contribution in [0.15, 0.2) is 42.2 Å². The Morgan fingerprint density at radius 3 is 2.17 bits per heavy atom. The molecule has 0 fully saturated rings. The molecule has 1 aromatic carbocycles. The highest BCUT2D eigenvalue weighted by atomic mass is 28.4. The van der Waals surface area contributed by atoms with Gasteiger partial charge in [0.2, 0.25) is 16.6 Å². The van der Waals surface area contributed by atoms with E-state index in [-0.39, 0.29) is 0 Å². The lowest BCUT2D eigenvalue weighted by Gasteiger charge is -2.30. The van der Waals surface area contributed by atoms with Crippen LogP contribution in [0.3, 0.4) is 0 Å². The topological polar surface area (TPSA) is 18.5 Å². The van der Waals surface area contributed by atoms with Gasteiger partial charge in [-0.05, 0) is 70.5 Å². The van der Waals surface area contributed by atoms with Crippen LogP contribution in [-0.2, 0) is 15.3 Å². The van der Waals surface area contributed by atoms with E-state index < -0.39 is 16.6 Å². The standard InChI is InChI=1S/C20H32O2Si2/c1-16(21-23(2,3)4)18-14-10-8-12-17-13-9-11-15-19(17)20(18)22-24(5,6)7/h9,11,13,15H,1,8,10,12,14H2,2-7H3/b20-18-. The molecule has 0 saturated heterocycles. The lowest BCUT2D eigenvalue weighted by Crippen LogP contribution is -2.28. The van der Waals surface area contributed by atoms with Gasteiger partial charge >= 0.3 is 0 Å². The molecule has 0 heterocycles. The SMILES string of the molecule is C=C(O[Si](C)(C)C)/C1=C(\O[Si](C)(C)C)c2ccccc2CCCC1. The van der Waals surface area contributed by atoms with E-state index in [0.29, 0.717) is 0 Å². The van der Waals surface area contributed by atoms with Crippen molar-refractivity contribution in [2.75, 3.05) is 0 Å². The van der Waals surface area contributed by atoms with Crippen LogP contribution in [0, 0.1) is 0 Å². The fourth-order valence-corrected chi connectivity index (χ4v) is 4.68. The second kappa shape index (κ2) is 7.32. The maximum Gasteiger partial charge on any atom is 0.242 e. The van der Waals surface area contributed by atoms with Crippen LogP contribution < -0.4 is 0 Å². The van der Waals surface area contributed by atoms with Crippen molar-refractivity contribution in [3.05, 3.63) is 53.3 Å². The third-order valence-corrected chi connectivity index (χ3v) is 5.51. The predicted octanol–water partition coefficient (Wildman–Crippen LogP) is 6.34. The molecule has 0 spiro atoms. The number of rotatable bonds is 5. The number of aryl methyl sites for hydroxylation is 1. The van der Waals surface area contributed by atoms with Gasteiger partial charge < -0.3 is 8.85 Å². The summed E-state index contributed by atoms with van der Waals surface area (Å²) >= 11 is 0. The van der Waals surface area contributed by atoms with E-state index in [2.05, 4.69) is 70.1 Å². The fourth-order valence-electron chi connectivity index (χ4n) is 2.97. The summed E-state index contributed by atoms with van der Waals surface area (Å²) in [6, 6.07) is 8.65. The first-order chi connectivity index (χ1) is 11.1. The highest BCUT2D eigenvalue weighted by molar-refractivity contribution is 6.70. The van der Waals surface area contributed by atoms with Gasteiger partial charge in [-0.2, -0.15) is 0 Å². The van der Waals surface area contributed by atoms with Crippen molar-refractivity contribution < 1.29 is 8.85 Å². The molecule has 1 aliphatic carbocycles. The molecule has 1 aliphatic rings. The Bertz CT molecular complexity index is 634. The van der Waals surface area contributed by atoms with E-state index in [4.69, 9.17) is 8.85 Å². The molecule has 0 N–H and O–H groups in total. The first-order valence-corrected chi connectivity index (χ1v) is 15.8. The molecule has 2 nitrogen and oxygen atoms in total. The summed E-state index contributed by atoms with van der Waals surface area (Å²) < 4.78 is 12.8. The Labute approximate surface area is 149 Å². The quantitative estimate of drug-likeness (QED) is 0.450. The highest BCUT2D eigenvalue weighted by Gasteiger charge is 2.27. The van der Waals surface area contributed by atoms with Gasteiger partial charge in [0.25, 0.3) is 0 Å². The molecule has 24 heavy (non-hydrogen) atoms. The fraction of sp³-hybridized carbons (Fsp3) is 0.500. The summed E-state index contributed by atoms with van der Waals surface area (Å²) in [6.07, 6.45) is 4.44. The van der Waals surface area contributed by atoms with Crippen molar-refractivity contribution in [3.8, 4) is 0 Å². The first kappa shape index (κ1) is 19.1. The van der Waals surface area contributed by atoms with Gasteiger partial charge in [-0.25, -0.2) is 0 Å². The largest absolute Gasteiger partial charge is 0.544 e. The van der Waals surface area contributed by atoms with Gasteiger partial charge in [-0.3, -0.25) is 0 Å². The minimum atomic E-state index is -1.74. The van der Waals surface area contributed by atoms with Crippen molar-refractivity contribution in [3.63, 3.8) is 0 Å². The van der Waals surface area contributed by atoms with Crippen LogP contribution in [-0.4, -0.2) is 16.6 Å². The minimum absolute atomic E-state index is 0.819. The number of allylic oxidation sites excluding steroid dienone is 1. The lowest BCUT2D eigenvalue weighted by atomic mass is 9.92. The molecule has 132 valence electrons. The van der Waals surface area contributed by atoms with Gasteiger partial charge in [0, 0.05) is 11.1 Å². The van der Waals surface area contributed by atoms with Gasteiger partial charge in [0.15, 0.2) is 0 Å². The third kappa shape index (κ3) is 5.38. The van der Waals surface area contributed by atoms with Crippen LogP contribution in [0.1, 0.15) is 30.4 Å². The average Bonchev–Trinajstić information content (AvgIpc) is 2.40. The van der Waals surface area contributed by atoms with E-state index in [9.17, 15) is 0 Å². The molecule has 0 radical (unpaired) electrons. The molecule has 4 heteroatoms. The Morgan fingerprint density at radius 1 is 0.917 bits per heavy atom. The molecule has 0 aliphatic heterocycles. The van der Waals surface area contributed by atoms with Crippen molar-refractivity contribution >= 4 is 22.4 Å². The summed E-state index contributed by atoms with van der Waals surface area (Å²) in [4.78, 5) is 0. The minimum Gasteiger partial charge on any atom is -0.544 e. The summed E-state index contributed by atoms with van der Waals surface area (Å²) in [7, 11) is -3.43. The van der Waals surface area contributed by atoms with Gasteiger partial charge in [0.1, 0.15) is 11.5 Å². The zero-order valence-corrected chi connectivity index (χ0v) is 18.2. The Balaban J connectivity index is 2.57. The molecule has 2 rings (SSSR count). The van der Waals surface area contributed by atoms with Crippen LogP contribution in [0.2, 0.25) is 39.3 Å². The molecule has 0 saturated carbocycles. The Kier molecular flexibility index (Phi) is 5.81. The van der Waals surface area contributed by atoms with Crippen LogP contribution >= 0.6 is 0 Å². The normalized spacial score (nSPS) is 19.1. The van der Waals surface area contributed by atoms with E-state index in [1.165, 1.54) is 23.1 Å². The zero-order chi connectivity index (χ0) is 18.0. The maximum atomic E-state index is 6.58. The molecule has 0 bridgehead atoms. The van der Waals surface area contributed by atoms with Crippen LogP contribution in [0.25, 0.3) is 5.76 Å². The summed E-state index contributed by atoms with van der Waals surface area (Å²) in [5.74, 6) is 1.84. The van der Waals surface area contributed by atoms with E-state index in [1.807, 2.05) is 0 Å². The molecule has 0 aromatic heterocycles. The number of benzene rings is 1. The number of fused-ring (bicyclic) bond motifs is 1. The van der Waals surface area contributed by atoms with Crippen LogP contribution in [0.5, 0.6) is 0 Å². The highest BCUT2D eigenvalue weighted by Crippen LogP contribution is 2.36. The van der Waals surface area contributed by atoms with Gasteiger partial charge in [-0.15, -0.1) is 0 Å².